The third-order valence-corrected chi connectivity index (χ3v) is 2.63. The Morgan fingerprint density at radius 2 is 1.58 bits per heavy atom. The first-order valence-electron chi connectivity index (χ1n) is 5.92. The van der Waals surface area contributed by atoms with Gasteiger partial charge in [0.15, 0.2) is 0 Å². The van der Waals surface area contributed by atoms with Crippen molar-refractivity contribution in [1.82, 2.24) is 4.98 Å². The van der Waals surface area contributed by atoms with Gasteiger partial charge in [0.05, 0.1) is 0 Å². The number of aromatic nitrogens is 1. The van der Waals surface area contributed by atoms with Crippen molar-refractivity contribution < 1.29 is 9.50 Å². The van der Waals surface area contributed by atoms with Crippen molar-refractivity contribution in [3.8, 4) is 0 Å². The van der Waals surface area contributed by atoms with Gasteiger partial charge in [-0.15, -0.1) is 0 Å². The Kier molecular flexibility index (Phi) is 4.59. The summed E-state index contributed by atoms with van der Waals surface area (Å²) in [5.74, 6) is -0.400. The first-order valence-corrected chi connectivity index (χ1v) is 5.92. The molecule has 3 rings (SSSR count). The van der Waals surface area contributed by atoms with Gasteiger partial charge in [-0.2, -0.15) is 4.39 Å². The van der Waals surface area contributed by atoms with Crippen LogP contribution >= 0.6 is 0 Å². The van der Waals surface area contributed by atoms with Crippen molar-refractivity contribution in [3.05, 3.63) is 78.4 Å². The van der Waals surface area contributed by atoms with E-state index in [1.165, 1.54) is 6.20 Å². The average Bonchev–Trinajstić information content (AvgIpc) is 2.49. The second-order valence-electron chi connectivity index (χ2n) is 3.95. The molecule has 1 aromatic heterocycles. The van der Waals surface area contributed by atoms with Crippen molar-refractivity contribution >= 4 is 10.8 Å². The molecular formula is C16H13FNO. The highest BCUT2D eigenvalue weighted by Gasteiger charge is 1.97. The smallest absolute Gasteiger partial charge is 0.220 e. The first kappa shape index (κ1) is 13.2. The highest BCUT2D eigenvalue weighted by atomic mass is 19.1. The molecule has 1 heterocycles. The standard InChI is InChI=1S/C9H6FN.C7H7O/c10-9-8-4-2-1-3-7(8)5-6-11-9;8-6-7-4-2-1-3-5-7/h1-6H;1-5H,6H2. The number of pyridine rings is 1. The molecule has 0 aliphatic carbocycles. The maximum Gasteiger partial charge on any atom is 0.220 e. The van der Waals surface area contributed by atoms with Crippen LogP contribution in [0.25, 0.3) is 10.8 Å². The van der Waals surface area contributed by atoms with Crippen LogP contribution in [-0.4, -0.2) is 4.98 Å². The first-order chi connectivity index (χ1) is 9.31. The molecule has 0 saturated carbocycles. The van der Waals surface area contributed by atoms with E-state index in [2.05, 4.69) is 4.98 Å². The third kappa shape index (κ3) is 3.60. The molecule has 0 fully saturated rings. The Bertz CT molecular complexity index is 635. The van der Waals surface area contributed by atoms with E-state index < -0.39 is 5.95 Å². The Labute approximate surface area is 111 Å². The number of benzene rings is 2. The molecule has 0 saturated heterocycles. The highest BCUT2D eigenvalue weighted by Crippen LogP contribution is 2.13. The van der Waals surface area contributed by atoms with Gasteiger partial charge in [-0.3, -0.25) is 0 Å². The zero-order valence-corrected chi connectivity index (χ0v) is 10.3. The minimum Gasteiger partial charge on any atom is -0.232 e. The largest absolute Gasteiger partial charge is 0.232 e. The van der Waals surface area contributed by atoms with Crippen LogP contribution in [0.15, 0.2) is 66.9 Å². The van der Waals surface area contributed by atoms with E-state index in [0.717, 1.165) is 10.9 Å². The number of rotatable bonds is 1. The minimum atomic E-state index is -0.400. The summed E-state index contributed by atoms with van der Waals surface area (Å²) in [6, 6.07) is 18.3. The summed E-state index contributed by atoms with van der Waals surface area (Å²) >= 11 is 0. The van der Waals surface area contributed by atoms with Crippen LogP contribution in [0.5, 0.6) is 0 Å². The van der Waals surface area contributed by atoms with Gasteiger partial charge >= 0.3 is 0 Å². The van der Waals surface area contributed by atoms with Crippen LogP contribution in [0.4, 0.5) is 4.39 Å². The van der Waals surface area contributed by atoms with Gasteiger partial charge in [-0.25, -0.2) is 10.1 Å². The van der Waals surface area contributed by atoms with Gasteiger partial charge < -0.3 is 0 Å². The monoisotopic (exact) mass is 254 g/mol. The topological polar surface area (TPSA) is 32.8 Å². The Morgan fingerprint density at radius 1 is 0.895 bits per heavy atom. The van der Waals surface area contributed by atoms with Crippen molar-refractivity contribution in [2.45, 2.75) is 6.61 Å². The minimum absolute atomic E-state index is 0.110. The van der Waals surface area contributed by atoms with E-state index in [1.54, 1.807) is 18.2 Å². The van der Waals surface area contributed by atoms with E-state index in [1.807, 2.05) is 42.5 Å². The van der Waals surface area contributed by atoms with Gasteiger partial charge in [0.1, 0.15) is 6.61 Å². The Hall–Kier alpha value is -2.26. The van der Waals surface area contributed by atoms with Gasteiger partial charge in [0.2, 0.25) is 5.95 Å². The molecule has 0 unspecified atom stereocenters. The number of hydrogen-bond donors (Lipinski definition) is 0. The third-order valence-electron chi connectivity index (χ3n) is 2.63. The van der Waals surface area contributed by atoms with Gasteiger partial charge in [-0.1, -0.05) is 48.5 Å². The lowest BCUT2D eigenvalue weighted by Gasteiger charge is -1.95. The predicted molar refractivity (Wildman–Crippen MR) is 72.5 cm³/mol. The molecule has 3 aromatic rings. The van der Waals surface area contributed by atoms with Crippen molar-refractivity contribution in [3.63, 3.8) is 0 Å². The molecule has 0 atom stereocenters. The second-order valence-corrected chi connectivity index (χ2v) is 3.95. The summed E-state index contributed by atoms with van der Waals surface area (Å²) in [5.41, 5.74) is 0.854. The summed E-state index contributed by atoms with van der Waals surface area (Å²) in [6.45, 7) is -0.110. The summed E-state index contributed by atoms with van der Waals surface area (Å²) in [5, 5.41) is 11.6. The molecule has 3 heteroatoms. The van der Waals surface area contributed by atoms with Gasteiger partial charge in [0.25, 0.3) is 0 Å². The SMILES string of the molecule is Fc1nccc2ccccc12.[O]Cc1ccccc1. The van der Waals surface area contributed by atoms with Crippen molar-refractivity contribution in [2.75, 3.05) is 0 Å². The average molecular weight is 254 g/mol. The fourth-order valence-electron chi connectivity index (χ4n) is 1.66. The quantitative estimate of drug-likeness (QED) is 0.604. The van der Waals surface area contributed by atoms with E-state index in [9.17, 15) is 9.50 Å². The summed E-state index contributed by atoms with van der Waals surface area (Å²) < 4.78 is 12.9. The number of nitrogens with zero attached hydrogens (tertiary/aromatic N) is 1. The number of hydrogen-bond acceptors (Lipinski definition) is 1. The molecule has 0 aliphatic rings. The van der Waals surface area contributed by atoms with Crippen LogP contribution in [-0.2, 0) is 11.7 Å². The van der Waals surface area contributed by atoms with Gasteiger partial charge in [-0.05, 0) is 23.1 Å². The molecule has 0 amide bonds. The molecular weight excluding hydrogens is 241 g/mol. The Balaban J connectivity index is 0.000000148. The number of halogens is 1. The summed E-state index contributed by atoms with van der Waals surface area (Å²) in [4.78, 5) is 3.54. The molecule has 2 aromatic carbocycles. The fourth-order valence-corrected chi connectivity index (χ4v) is 1.66. The van der Waals surface area contributed by atoms with E-state index in [-0.39, 0.29) is 6.61 Å². The second kappa shape index (κ2) is 6.61. The fraction of sp³-hybridized carbons (Fsp3) is 0.0625. The van der Waals surface area contributed by atoms with Crippen molar-refractivity contribution in [1.29, 1.82) is 0 Å². The predicted octanol–water partition coefficient (Wildman–Crippen LogP) is 3.99. The summed E-state index contributed by atoms with van der Waals surface area (Å²) in [6.07, 6.45) is 1.47. The van der Waals surface area contributed by atoms with E-state index in [0.29, 0.717) is 5.39 Å². The highest BCUT2D eigenvalue weighted by molar-refractivity contribution is 5.81. The normalized spacial score (nSPS) is 9.79. The Morgan fingerprint density at radius 3 is 2.21 bits per heavy atom. The molecule has 19 heavy (non-hydrogen) atoms. The van der Waals surface area contributed by atoms with E-state index in [4.69, 9.17) is 0 Å². The molecule has 2 nitrogen and oxygen atoms in total. The molecule has 0 spiro atoms. The molecule has 0 bridgehead atoms. The lowest BCUT2D eigenvalue weighted by molar-refractivity contribution is 0.177. The maximum atomic E-state index is 12.9. The maximum absolute atomic E-state index is 12.9. The van der Waals surface area contributed by atoms with Gasteiger partial charge in [0, 0.05) is 11.6 Å². The van der Waals surface area contributed by atoms with Crippen LogP contribution in [0.3, 0.4) is 0 Å². The molecule has 0 N–H and O–H groups in total. The van der Waals surface area contributed by atoms with E-state index >= 15 is 0 Å². The summed E-state index contributed by atoms with van der Waals surface area (Å²) in [7, 11) is 0. The number of fused-ring (bicyclic) bond motifs is 1. The van der Waals surface area contributed by atoms with Crippen LogP contribution in [0, 0.1) is 5.95 Å². The lowest BCUT2D eigenvalue weighted by atomic mass is 10.2. The van der Waals surface area contributed by atoms with Crippen LogP contribution in [0.2, 0.25) is 0 Å². The zero-order chi connectivity index (χ0) is 13.5. The zero-order valence-electron chi connectivity index (χ0n) is 10.3. The molecule has 1 radical (unpaired) electrons. The van der Waals surface area contributed by atoms with Crippen LogP contribution < -0.4 is 0 Å². The van der Waals surface area contributed by atoms with Crippen molar-refractivity contribution in [2.24, 2.45) is 0 Å². The van der Waals surface area contributed by atoms with Crippen LogP contribution in [0.1, 0.15) is 5.56 Å². The molecule has 0 aliphatic heterocycles. The lowest BCUT2D eigenvalue weighted by Crippen LogP contribution is -1.82. The molecule has 95 valence electrons.